The van der Waals surface area contributed by atoms with Crippen molar-refractivity contribution in [2.45, 2.75) is 6.92 Å². The van der Waals surface area contributed by atoms with Crippen molar-refractivity contribution in [1.29, 1.82) is 0 Å². The lowest BCUT2D eigenvalue weighted by Gasteiger charge is -1.99. The van der Waals surface area contributed by atoms with Gasteiger partial charge in [0.1, 0.15) is 10.7 Å². The first-order chi connectivity index (χ1) is 10.6. The van der Waals surface area contributed by atoms with Crippen molar-refractivity contribution in [2.75, 3.05) is 0 Å². The smallest absolute Gasteiger partial charge is 0.266 e. The lowest BCUT2D eigenvalue weighted by molar-refractivity contribution is 0.0959. The molecule has 1 aromatic carbocycles. The largest absolute Gasteiger partial charge is 0.283 e. The van der Waals surface area contributed by atoms with Gasteiger partial charge in [-0.05, 0) is 36.6 Å². The Morgan fingerprint density at radius 1 is 1.36 bits per heavy atom. The predicted octanol–water partition coefficient (Wildman–Crippen LogP) is 4.91. The van der Waals surface area contributed by atoms with E-state index in [1.165, 1.54) is 23.5 Å². The Morgan fingerprint density at radius 3 is 2.91 bits per heavy atom. The first-order valence-electron chi connectivity index (χ1n) is 6.32. The zero-order valence-electron chi connectivity index (χ0n) is 11.4. The molecule has 3 aromatic rings. The highest BCUT2D eigenvalue weighted by atomic mass is 35.5. The van der Waals surface area contributed by atoms with Crippen LogP contribution in [0.15, 0.2) is 40.8 Å². The summed E-state index contributed by atoms with van der Waals surface area (Å²) in [4.78, 5) is 13.5. The van der Waals surface area contributed by atoms with E-state index in [9.17, 15) is 9.18 Å². The van der Waals surface area contributed by atoms with Gasteiger partial charge in [0.25, 0.3) is 5.91 Å². The van der Waals surface area contributed by atoms with Crippen LogP contribution in [0, 0.1) is 5.82 Å². The van der Waals surface area contributed by atoms with Crippen LogP contribution in [0.5, 0.6) is 0 Å². The summed E-state index contributed by atoms with van der Waals surface area (Å²) < 4.78 is 13.9. The molecule has 0 aliphatic heterocycles. The van der Waals surface area contributed by atoms with E-state index in [0.717, 1.165) is 16.2 Å². The Balaban J connectivity index is 1.86. The number of fused-ring (bicyclic) bond motifs is 1. The number of hydrogen-bond donors (Lipinski definition) is 1. The predicted molar refractivity (Wildman–Crippen MR) is 90.8 cm³/mol. The maximum atomic E-state index is 13.2. The first-order valence-corrected chi connectivity index (χ1v) is 8.39. The number of nitrogens with one attached hydrogen (secondary N) is 1. The topological polar surface area (TPSA) is 41.5 Å². The van der Waals surface area contributed by atoms with Crippen molar-refractivity contribution >= 4 is 56.0 Å². The van der Waals surface area contributed by atoms with Gasteiger partial charge in [0, 0.05) is 15.0 Å². The van der Waals surface area contributed by atoms with Crippen LogP contribution in [0.25, 0.3) is 10.1 Å². The van der Waals surface area contributed by atoms with Crippen LogP contribution < -0.4 is 5.43 Å². The number of hydrazone groups is 1. The van der Waals surface area contributed by atoms with Crippen molar-refractivity contribution in [3.05, 3.63) is 56.3 Å². The quantitative estimate of drug-likeness (QED) is 0.528. The molecule has 1 N–H and O–H groups in total. The number of benzene rings is 1. The second kappa shape index (κ2) is 6.16. The molecular weight excluding hydrogens is 343 g/mol. The van der Waals surface area contributed by atoms with Crippen LogP contribution in [0.3, 0.4) is 0 Å². The Kier molecular flexibility index (Phi) is 4.24. The highest BCUT2D eigenvalue weighted by Crippen LogP contribution is 2.35. The number of halogens is 2. The molecule has 22 heavy (non-hydrogen) atoms. The van der Waals surface area contributed by atoms with Crippen molar-refractivity contribution in [1.82, 2.24) is 5.43 Å². The van der Waals surface area contributed by atoms with Crippen molar-refractivity contribution in [3.8, 4) is 0 Å². The molecule has 0 fully saturated rings. The Hall–Kier alpha value is -1.76. The molecule has 0 saturated carbocycles. The minimum absolute atomic E-state index is 0.321. The Labute approximate surface area is 139 Å². The van der Waals surface area contributed by atoms with E-state index in [1.807, 2.05) is 24.4 Å². The molecule has 0 spiro atoms. The summed E-state index contributed by atoms with van der Waals surface area (Å²) in [5, 5.41) is 7.00. The first kappa shape index (κ1) is 15.1. The zero-order valence-corrected chi connectivity index (χ0v) is 13.8. The molecule has 7 heteroatoms. The van der Waals surface area contributed by atoms with Crippen LogP contribution in [0.1, 0.15) is 21.5 Å². The van der Waals surface area contributed by atoms with E-state index in [0.29, 0.717) is 25.7 Å². The highest BCUT2D eigenvalue weighted by molar-refractivity contribution is 7.21. The lowest BCUT2D eigenvalue weighted by atomic mass is 10.2. The van der Waals surface area contributed by atoms with Crippen LogP contribution in [0.4, 0.5) is 4.39 Å². The Morgan fingerprint density at radius 2 is 2.18 bits per heavy atom. The van der Waals surface area contributed by atoms with Gasteiger partial charge in [0.2, 0.25) is 0 Å². The maximum absolute atomic E-state index is 13.2. The van der Waals surface area contributed by atoms with Crippen molar-refractivity contribution in [2.24, 2.45) is 5.10 Å². The summed E-state index contributed by atoms with van der Waals surface area (Å²) >= 11 is 8.88. The number of amides is 1. The van der Waals surface area contributed by atoms with E-state index in [-0.39, 0.29) is 5.82 Å². The summed E-state index contributed by atoms with van der Waals surface area (Å²) in [6.07, 6.45) is 0. The third-order valence-corrected chi connectivity index (χ3v) is 5.64. The van der Waals surface area contributed by atoms with Crippen molar-refractivity contribution in [3.63, 3.8) is 0 Å². The number of hydrogen-bond acceptors (Lipinski definition) is 4. The van der Waals surface area contributed by atoms with Gasteiger partial charge in [-0.15, -0.1) is 22.7 Å². The third-order valence-electron chi connectivity index (χ3n) is 3.00. The second-order valence-electron chi connectivity index (χ2n) is 4.50. The van der Waals surface area contributed by atoms with E-state index >= 15 is 0 Å². The molecule has 112 valence electrons. The molecule has 0 aliphatic rings. The normalized spacial score (nSPS) is 11.9. The number of carbonyl (C=O) groups is 1. The van der Waals surface area contributed by atoms with Crippen molar-refractivity contribution < 1.29 is 9.18 Å². The summed E-state index contributed by atoms with van der Waals surface area (Å²) in [5.41, 5.74) is 3.21. The van der Waals surface area contributed by atoms with E-state index in [1.54, 1.807) is 6.07 Å². The maximum Gasteiger partial charge on any atom is 0.283 e. The second-order valence-corrected chi connectivity index (χ2v) is 6.88. The van der Waals surface area contributed by atoms with Gasteiger partial charge >= 0.3 is 0 Å². The third kappa shape index (κ3) is 2.90. The van der Waals surface area contributed by atoms with Gasteiger partial charge < -0.3 is 0 Å². The van der Waals surface area contributed by atoms with Gasteiger partial charge in [-0.2, -0.15) is 5.10 Å². The fourth-order valence-electron chi connectivity index (χ4n) is 1.91. The molecular formula is C15H10ClFN2OS2. The fourth-order valence-corrected chi connectivity index (χ4v) is 4.02. The van der Waals surface area contributed by atoms with E-state index in [2.05, 4.69) is 10.5 Å². The van der Waals surface area contributed by atoms with E-state index < -0.39 is 5.91 Å². The molecule has 0 bridgehead atoms. The molecule has 2 aromatic heterocycles. The minimum Gasteiger partial charge on any atom is -0.266 e. The molecule has 3 rings (SSSR count). The average Bonchev–Trinajstić information content (AvgIpc) is 3.13. The SMILES string of the molecule is C/C(=N/NC(=O)c1sc2cc(F)ccc2c1Cl)c1cccs1. The van der Waals surface area contributed by atoms with Gasteiger partial charge in [0.05, 0.1) is 10.7 Å². The summed E-state index contributed by atoms with van der Waals surface area (Å²) in [6, 6.07) is 8.09. The Bertz CT molecular complexity index is 871. The molecule has 0 radical (unpaired) electrons. The molecule has 0 aliphatic carbocycles. The molecule has 2 heterocycles. The standard InChI is InChI=1S/C15H10ClFN2OS2/c1-8(11-3-2-6-21-11)18-19-15(20)14-13(16)10-5-4-9(17)7-12(10)22-14/h2-7H,1H3,(H,19,20)/b18-8-. The van der Waals surface area contributed by atoms with Crippen LogP contribution in [-0.4, -0.2) is 11.6 Å². The molecule has 3 nitrogen and oxygen atoms in total. The zero-order chi connectivity index (χ0) is 15.7. The lowest BCUT2D eigenvalue weighted by Crippen LogP contribution is -2.18. The average molecular weight is 353 g/mol. The molecule has 1 amide bonds. The summed E-state index contributed by atoms with van der Waals surface area (Å²) in [5.74, 6) is -0.758. The highest BCUT2D eigenvalue weighted by Gasteiger charge is 2.17. The number of nitrogens with zero attached hydrogens (tertiary/aromatic N) is 1. The number of rotatable bonds is 3. The summed E-state index contributed by atoms with van der Waals surface area (Å²) in [6.45, 7) is 1.81. The minimum atomic E-state index is -0.400. The summed E-state index contributed by atoms with van der Waals surface area (Å²) in [7, 11) is 0. The van der Waals surface area contributed by atoms with Crippen LogP contribution >= 0.6 is 34.3 Å². The monoisotopic (exact) mass is 352 g/mol. The van der Waals surface area contributed by atoms with Gasteiger partial charge in [0.15, 0.2) is 0 Å². The van der Waals surface area contributed by atoms with Gasteiger partial charge in [-0.3, -0.25) is 4.79 Å². The molecule has 0 saturated heterocycles. The fraction of sp³-hybridized carbons (Fsp3) is 0.0667. The number of thiophene rings is 2. The van der Waals surface area contributed by atoms with Gasteiger partial charge in [-0.1, -0.05) is 17.7 Å². The van der Waals surface area contributed by atoms with Gasteiger partial charge in [-0.25, -0.2) is 9.82 Å². The van der Waals surface area contributed by atoms with Crippen LogP contribution in [-0.2, 0) is 0 Å². The van der Waals surface area contributed by atoms with E-state index in [4.69, 9.17) is 11.6 Å². The molecule has 0 atom stereocenters. The van der Waals surface area contributed by atoms with Crippen LogP contribution in [0.2, 0.25) is 5.02 Å². The number of carbonyl (C=O) groups excluding carboxylic acids is 1. The molecule has 0 unspecified atom stereocenters.